The summed E-state index contributed by atoms with van der Waals surface area (Å²) in [6.45, 7) is 0.395. The van der Waals surface area contributed by atoms with E-state index in [0.29, 0.717) is 6.61 Å². The molecule has 0 radical (unpaired) electrons. The fourth-order valence-electron chi connectivity index (χ4n) is 3.25. The third kappa shape index (κ3) is 1.10. The molecule has 0 N–H and O–H groups in total. The lowest BCUT2D eigenvalue weighted by molar-refractivity contribution is -0.121. The molecular weight excluding hydrogens is 238 g/mol. The Morgan fingerprint density at radius 3 is 2.58 bits per heavy atom. The Labute approximate surface area is 111 Å². The number of anilines is 1. The summed E-state index contributed by atoms with van der Waals surface area (Å²) in [7, 11) is 1.83. The third-order valence-corrected chi connectivity index (χ3v) is 4.19. The average Bonchev–Trinajstić information content (AvgIpc) is 2.95. The largest absolute Gasteiger partial charge is 0.491 e. The lowest BCUT2D eigenvalue weighted by atomic mass is 9.77. The molecule has 94 valence electrons. The Bertz CT molecular complexity index is 695. The zero-order valence-corrected chi connectivity index (χ0v) is 10.6. The number of hydrogen-bond acceptors (Lipinski definition) is 2. The molecule has 0 saturated carbocycles. The maximum atomic E-state index is 12.8. The molecule has 0 fully saturated rings. The second-order valence-corrected chi connectivity index (χ2v) is 5.07. The van der Waals surface area contributed by atoms with Crippen molar-refractivity contribution >= 4 is 11.6 Å². The molecule has 2 aliphatic heterocycles. The van der Waals surface area contributed by atoms with Crippen molar-refractivity contribution in [3.05, 3.63) is 59.7 Å². The molecule has 2 aromatic rings. The van der Waals surface area contributed by atoms with Gasteiger partial charge in [-0.05, 0) is 17.7 Å². The van der Waals surface area contributed by atoms with Crippen LogP contribution in [0.25, 0.3) is 0 Å². The van der Waals surface area contributed by atoms with E-state index in [1.165, 1.54) is 0 Å². The number of likely N-dealkylation sites (N-methyl/N-ethyl adjacent to an activating group) is 1. The molecule has 1 unspecified atom stereocenters. The van der Waals surface area contributed by atoms with E-state index in [4.69, 9.17) is 4.74 Å². The van der Waals surface area contributed by atoms with Crippen LogP contribution < -0.4 is 9.64 Å². The van der Waals surface area contributed by atoms with Crippen LogP contribution in [-0.2, 0) is 10.2 Å². The van der Waals surface area contributed by atoms with Gasteiger partial charge in [-0.15, -0.1) is 0 Å². The van der Waals surface area contributed by atoms with E-state index in [9.17, 15) is 4.79 Å². The van der Waals surface area contributed by atoms with Crippen LogP contribution in [0.3, 0.4) is 0 Å². The number of para-hydroxylation sites is 2. The second-order valence-electron chi connectivity index (χ2n) is 5.07. The van der Waals surface area contributed by atoms with Crippen molar-refractivity contribution < 1.29 is 9.53 Å². The summed E-state index contributed by atoms with van der Waals surface area (Å²) in [5, 5.41) is 0. The van der Waals surface area contributed by atoms with E-state index >= 15 is 0 Å². The monoisotopic (exact) mass is 251 g/mol. The molecule has 3 heteroatoms. The average molecular weight is 251 g/mol. The van der Waals surface area contributed by atoms with Crippen LogP contribution in [0, 0.1) is 0 Å². The molecular formula is C16H13NO2. The van der Waals surface area contributed by atoms with Crippen molar-refractivity contribution in [2.24, 2.45) is 0 Å². The predicted octanol–water partition coefficient (Wildman–Crippen LogP) is 2.34. The van der Waals surface area contributed by atoms with Gasteiger partial charge in [-0.2, -0.15) is 0 Å². The van der Waals surface area contributed by atoms with Gasteiger partial charge in [0, 0.05) is 18.3 Å². The first-order chi connectivity index (χ1) is 9.25. The maximum absolute atomic E-state index is 12.8. The van der Waals surface area contributed by atoms with E-state index in [2.05, 4.69) is 0 Å². The van der Waals surface area contributed by atoms with Gasteiger partial charge < -0.3 is 9.64 Å². The van der Waals surface area contributed by atoms with Crippen LogP contribution in [0.5, 0.6) is 5.75 Å². The SMILES string of the molecule is CN1C(=O)C2(COc3ccccc32)c2ccccc21. The zero-order valence-electron chi connectivity index (χ0n) is 10.6. The highest BCUT2D eigenvalue weighted by Crippen LogP contribution is 2.51. The number of carbonyl (C=O) groups is 1. The van der Waals surface area contributed by atoms with Gasteiger partial charge in [0.25, 0.3) is 0 Å². The molecule has 0 aromatic heterocycles. The molecule has 0 saturated heterocycles. The minimum absolute atomic E-state index is 0.0960. The molecule has 2 heterocycles. The molecule has 19 heavy (non-hydrogen) atoms. The fourth-order valence-corrected chi connectivity index (χ4v) is 3.25. The van der Waals surface area contributed by atoms with E-state index in [0.717, 1.165) is 22.6 Å². The van der Waals surface area contributed by atoms with Crippen LogP contribution in [0.15, 0.2) is 48.5 Å². The third-order valence-electron chi connectivity index (χ3n) is 4.19. The number of hydrogen-bond donors (Lipinski definition) is 0. The standard InChI is InChI=1S/C16H13NO2/c1-17-13-8-4-2-6-11(13)16(15(17)18)10-19-14-9-5-3-7-12(14)16/h2-9H,10H2,1H3. The highest BCUT2D eigenvalue weighted by molar-refractivity contribution is 6.11. The van der Waals surface area contributed by atoms with Gasteiger partial charge in [0.05, 0.1) is 0 Å². The van der Waals surface area contributed by atoms with Gasteiger partial charge in [0.15, 0.2) is 0 Å². The summed E-state index contributed by atoms with van der Waals surface area (Å²) in [6.07, 6.45) is 0. The predicted molar refractivity (Wildman–Crippen MR) is 72.6 cm³/mol. The lowest BCUT2D eigenvalue weighted by Gasteiger charge is -2.21. The van der Waals surface area contributed by atoms with Gasteiger partial charge in [-0.1, -0.05) is 36.4 Å². The van der Waals surface area contributed by atoms with Crippen molar-refractivity contribution in [3.8, 4) is 5.75 Å². The number of nitrogens with zero attached hydrogens (tertiary/aromatic N) is 1. The number of fused-ring (bicyclic) bond motifs is 4. The number of amides is 1. The zero-order chi connectivity index (χ0) is 13.0. The molecule has 0 aliphatic carbocycles. The Hall–Kier alpha value is -2.29. The van der Waals surface area contributed by atoms with Gasteiger partial charge >= 0.3 is 0 Å². The van der Waals surface area contributed by atoms with E-state index in [-0.39, 0.29) is 5.91 Å². The highest BCUT2D eigenvalue weighted by atomic mass is 16.5. The van der Waals surface area contributed by atoms with Crippen molar-refractivity contribution in [1.82, 2.24) is 0 Å². The van der Waals surface area contributed by atoms with Crippen molar-refractivity contribution in [3.63, 3.8) is 0 Å². The highest BCUT2D eigenvalue weighted by Gasteiger charge is 2.55. The summed E-state index contributed by atoms with van der Waals surface area (Å²) in [6, 6.07) is 15.8. The maximum Gasteiger partial charge on any atom is 0.245 e. The smallest absolute Gasteiger partial charge is 0.245 e. The summed E-state index contributed by atoms with van der Waals surface area (Å²) < 4.78 is 5.76. The van der Waals surface area contributed by atoms with E-state index < -0.39 is 5.41 Å². The summed E-state index contributed by atoms with van der Waals surface area (Å²) in [5.41, 5.74) is 2.36. The first-order valence-electron chi connectivity index (χ1n) is 6.35. The Morgan fingerprint density at radius 2 is 1.74 bits per heavy atom. The lowest BCUT2D eigenvalue weighted by Crippen LogP contribution is -2.40. The van der Waals surface area contributed by atoms with Gasteiger partial charge in [-0.25, -0.2) is 0 Å². The van der Waals surface area contributed by atoms with E-state index in [1.807, 2.05) is 55.6 Å². The number of benzene rings is 2. The normalized spacial score (nSPS) is 23.4. The van der Waals surface area contributed by atoms with Crippen LogP contribution in [0.1, 0.15) is 11.1 Å². The molecule has 2 aliphatic rings. The molecule has 1 amide bonds. The van der Waals surface area contributed by atoms with Gasteiger partial charge in [0.1, 0.15) is 17.8 Å². The minimum atomic E-state index is -0.651. The van der Waals surface area contributed by atoms with Gasteiger partial charge in [-0.3, -0.25) is 4.79 Å². The van der Waals surface area contributed by atoms with E-state index in [1.54, 1.807) is 4.90 Å². The Morgan fingerprint density at radius 1 is 1.05 bits per heavy atom. The number of ether oxygens (including phenoxy) is 1. The molecule has 4 rings (SSSR count). The topological polar surface area (TPSA) is 29.5 Å². The molecule has 0 bridgehead atoms. The number of carbonyl (C=O) groups excluding carboxylic acids is 1. The second kappa shape index (κ2) is 3.38. The van der Waals surface area contributed by atoms with Crippen molar-refractivity contribution in [2.45, 2.75) is 5.41 Å². The van der Waals surface area contributed by atoms with Crippen LogP contribution in [0.4, 0.5) is 5.69 Å². The summed E-state index contributed by atoms with van der Waals surface area (Å²) in [4.78, 5) is 14.5. The molecule has 1 spiro atoms. The first kappa shape index (κ1) is 10.6. The Balaban J connectivity index is 2.05. The minimum Gasteiger partial charge on any atom is -0.491 e. The fraction of sp³-hybridized carbons (Fsp3) is 0.188. The Kier molecular flexibility index (Phi) is 1.89. The van der Waals surface area contributed by atoms with Crippen molar-refractivity contribution in [1.29, 1.82) is 0 Å². The summed E-state index contributed by atoms with van der Waals surface area (Å²) >= 11 is 0. The summed E-state index contributed by atoms with van der Waals surface area (Å²) in [5.74, 6) is 0.916. The molecule has 3 nitrogen and oxygen atoms in total. The van der Waals surface area contributed by atoms with Crippen LogP contribution >= 0.6 is 0 Å². The quantitative estimate of drug-likeness (QED) is 0.719. The molecule has 1 atom stereocenters. The number of rotatable bonds is 0. The molecule has 2 aromatic carbocycles. The first-order valence-corrected chi connectivity index (χ1v) is 6.35. The van der Waals surface area contributed by atoms with Crippen LogP contribution in [0.2, 0.25) is 0 Å². The van der Waals surface area contributed by atoms with Crippen LogP contribution in [-0.4, -0.2) is 19.6 Å². The van der Waals surface area contributed by atoms with Crippen molar-refractivity contribution in [2.75, 3.05) is 18.6 Å². The van der Waals surface area contributed by atoms with Gasteiger partial charge in [0.2, 0.25) is 5.91 Å².